The summed E-state index contributed by atoms with van der Waals surface area (Å²) < 4.78 is 0. The van der Waals surface area contributed by atoms with Gasteiger partial charge in [0.05, 0.1) is 0 Å². The molecule has 80 valence electrons. The van der Waals surface area contributed by atoms with Crippen molar-refractivity contribution in [2.75, 3.05) is 0 Å². The maximum Gasteiger partial charge on any atom is 0.324 e. The van der Waals surface area contributed by atoms with Crippen molar-refractivity contribution in [1.29, 1.82) is 0 Å². The van der Waals surface area contributed by atoms with Gasteiger partial charge < -0.3 is 10.8 Å². The monoisotopic (exact) mass is 197 g/mol. The van der Waals surface area contributed by atoms with Crippen LogP contribution in [0.1, 0.15) is 51.4 Å². The van der Waals surface area contributed by atoms with Crippen molar-refractivity contribution in [2.45, 2.75) is 56.9 Å². The zero-order valence-electron chi connectivity index (χ0n) is 8.59. The van der Waals surface area contributed by atoms with E-state index in [0.29, 0.717) is 6.42 Å². The first-order valence-electron chi connectivity index (χ1n) is 5.63. The Labute approximate surface area is 84.7 Å². The van der Waals surface area contributed by atoms with Gasteiger partial charge >= 0.3 is 5.97 Å². The summed E-state index contributed by atoms with van der Waals surface area (Å²) in [5, 5.41) is 9.26. The molecule has 0 aliphatic heterocycles. The summed E-state index contributed by atoms with van der Waals surface area (Å²) >= 11 is 0. The van der Waals surface area contributed by atoms with E-state index in [-0.39, 0.29) is 5.41 Å². The zero-order chi connectivity index (χ0) is 10.2. The molecule has 0 heterocycles. The fraction of sp³-hybridized carbons (Fsp3) is 0.909. The van der Waals surface area contributed by atoms with Crippen LogP contribution in [0, 0.1) is 5.41 Å². The molecular formula is C11H19NO2. The minimum Gasteiger partial charge on any atom is -0.480 e. The average molecular weight is 197 g/mol. The SMILES string of the molecule is NC1(C(=O)O)CCCC12CCCCC2. The van der Waals surface area contributed by atoms with Crippen LogP contribution in [-0.2, 0) is 4.79 Å². The second-order valence-corrected chi connectivity index (χ2v) is 4.97. The first-order valence-corrected chi connectivity index (χ1v) is 5.63. The lowest BCUT2D eigenvalue weighted by Crippen LogP contribution is -2.58. The molecule has 0 aromatic carbocycles. The third-order valence-electron chi connectivity index (χ3n) is 4.37. The first-order chi connectivity index (χ1) is 6.61. The van der Waals surface area contributed by atoms with Crippen LogP contribution >= 0.6 is 0 Å². The summed E-state index contributed by atoms with van der Waals surface area (Å²) in [6.45, 7) is 0. The van der Waals surface area contributed by atoms with E-state index in [1.807, 2.05) is 0 Å². The van der Waals surface area contributed by atoms with Gasteiger partial charge in [0, 0.05) is 0 Å². The molecule has 1 unspecified atom stereocenters. The van der Waals surface area contributed by atoms with E-state index in [2.05, 4.69) is 0 Å². The lowest BCUT2D eigenvalue weighted by atomic mass is 9.64. The van der Waals surface area contributed by atoms with E-state index in [1.54, 1.807) is 0 Å². The van der Waals surface area contributed by atoms with Gasteiger partial charge in [0.25, 0.3) is 0 Å². The normalized spacial score (nSPS) is 36.1. The van der Waals surface area contributed by atoms with Crippen LogP contribution in [0.15, 0.2) is 0 Å². The highest BCUT2D eigenvalue weighted by molar-refractivity contribution is 5.80. The Morgan fingerprint density at radius 1 is 1.00 bits per heavy atom. The predicted octanol–water partition coefficient (Wildman–Crippen LogP) is 1.90. The summed E-state index contributed by atoms with van der Waals surface area (Å²) in [4.78, 5) is 11.3. The van der Waals surface area contributed by atoms with Crippen LogP contribution in [0.2, 0.25) is 0 Å². The van der Waals surface area contributed by atoms with Crippen molar-refractivity contribution in [1.82, 2.24) is 0 Å². The fourth-order valence-corrected chi connectivity index (χ4v) is 3.45. The topological polar surface area (TPSA) is 63.3 Å². The molecule has 3 nitrogen and oxygen atoms in total. The lowest BCUT2D eigenvalue weighted by molar-refractivity contribution is -0.148. The second-order valence-electron chi connectivity index (χ2n) is 4.97. The molecule has 0 aromatic rings. The Kier molecular flexibility index (Phi) is 2.30. The van der Waals surface area contributed by atoms with Gasteiger partial charge in [0.1, 0.15) is 5.54 Å². The number of hydrogen-bond donors (Lipinski definition) is 2. The van der Waals surface area contributed by atoms with Crippen LogP contribution in [0.3, 0.4) is 0 Å². The van der Waals surface area contributed by atoms with E-state index in [9.17, 15) is 9.90 Å². The molecule has 2 aliphatic carbocycles. The lowest BCUT2D eigenvalue weighted by Gasteiger charge is -2.43. The van der Waals surface area contributed by atoms with Crippen LogP contribution in [-0.4, -0.2) is 16.6 Å². The summed E-state index contributed by atoms with van der Waals surface area (Å²) in [5.41, 5.74) is 5.12. The molecule has 2 saturated carbocycles. The highest BCUT2D eigenvalue weighted by Crippen LogP contribution is 2.53. The zero-order valence-corrected chi connectivity index (χ0v) is 8.59. The van der Waals surface area contributed by atoms with Crippen LogP contribution in [0.4, 0.5) is 0 Å². The number of carbonyl (C=O) groups is 1. The van der Waals surface area contributed by atoms with Crippen molar-refractivity contribution in [3.8, 4) is 0 Å². The number of rotatable bonds is 1. The minimum absolute atomic E-state index is 0.0723. The molecule has 3 heteroatoms. The fourth-order valence-electron chi connectivity index (χ4n) is 3.45. The largest absolute Gasteiger partial charge is 0.480 e. The first kappa shape index (κ1) is 9.97. The third-order valence-corrected chi connectivity index (χ3v) is 4.37. The van der Waals surface area contributed by atoms with Gasteiger partial charge in [-0.15, -0.1) is 0 Å². The summed E-state index contributed by atoms with van der Waals surface area (Å²) in [6.07, 6.45) is 8.29. The molecule has 2 aliphatic rings. The van der Waals surface area contributed by atoms with Crippen molar-refractivity contribution in [2.24, 2.45) is 11.1 Å². The van der Waals surface area contributed by atoms with Crippen LogP contribution < -0.4 is 5.73 Å². The number of aliphatic carboxylic acids is 1. The highest BCUT2D eigenvalue weighted by Gasteiger charge is 2.56. The number of hydrogen-bond acceptors (Lipinski definition) is 2. The van der Waals surface area contributed by atoms with E-state index in [4.69, 9.17) is 5.73 Å². The van der Waals surface area contributed by atoms with Crippen molar-refractivity contribution in [3.63, 3.8) is 0 Å². The molecule has 3 N–H and O–H groups in total. The van der Waals surface area contributed by atoms with Gasteiger partial charge in [0.2, 0.25) is 0 Å². The Hall–Kier alpha value is -0.570. The smallest absolute Gasteiger partial charge is 0.324 e. The highest BCUT2D eigenvalue weighted by atomic mass is 16.4. The van der Waals surface area contributed by atoms with Crippen molar-refractivity contribution >= 4 is 5.97 Å². The maximum absolute atomic E-state index is 11.3. The van der Waals surface area contributed by atoms with E-state index in [1.165, 1.54) is 6.42 Å². The molecular weight excluding hydrogens is 178 g/mol. The Morgan fingerprint density at radius 2 is 1.57 bits per heavy atom. The number of carboxylic acids is 1. The molecule has 0 radical (unpaired) electrons. The molecule has 2 rings (SSSR count). The maximum atomic E-state index is 11.3. The van der Waals surface area contributed by atoms with Gasteiger partial charge in [-0.1, -0.05) is 25.7 Å². The van der Waals surface area contributed by atoms with Crippen molar-refractivity contribution < 1.29 is 9.90 Å². The van der Waals surface area contributed by atoms with Gasteiger partial charge in [-0.3, -0.25) is 4.79 Å². The van der Waals surface area contributed by atoms with Crippen LogP contribution in [0.25, 0.3) is 0 Å². The van der Waals surface area contributed by atoms with E-state index >= 15 is 0 Å². The Bertz CT molecular complexity index is 246. The molecule has 1 spiro atoms. The summed E-state index contributed by atoms with van der Waals surface area (Å²) in [5.74, 6) is -0.781. The molecule has 2 fully saturated rings. The molecule has 1 atom stereocenters. The predicted molar refractivity (Wildman–Crippen MR) is 53.9 cm³/mol. The van der Waals surface area contributed by atoms with E-state index < -0.39 is 11.5 Å². The van der Waals surface area contributed by atoms with Crippen LogP contribution in [0.5, 0.6) is 0 Å². The Morgan fingerprint density at radius 3 is 2.14 bits per heavy atom. The quantitative estimate of drug-likeness (QED) is 0.675. The third kappa shape index (κ3) is 1.18. The number of nitrogens with two attached hydrogens (primary N) is 1. The Balaban J connectivity index is 2.27. The molecule has 14 heavy (non-hydrogen) atoms. The molecule has 0 bridgehead atoms. The number of carboxylic acid groups (broad SMARTS) is 1. The van der Waals surface area contributed by atoms with Gasteiger partial charge in [-0.2, -0.15) is 0 Å². The molecule has 0 aromatic heterocycles. The molecule has 0 amide bonds. The standard InChI is InChI=1S/C11H19NO2/c12-11(9(13)14)8-4-7-10(11)5-2-1-3-6-10/h1-8,12H2,(H,13,14). The second kappa shape index (κ2) is 3.23. The summed E-state index contributed by atoms with van der Waals surface area (Å²) in [6, 6.07) is 0. The van der Waals surface area contributed by atoms with Crippen molar-refractivity contribution in [3.05, 3.63) is 0 Å². The van der Waals surface area contributed by atoms with Gasteiger partial charge in [-0.25, -0.2) is 0 Å². The summed E-state index contributed by atoms with van der Waals surface area (Å²) in [7, 11) is 0. The van der Waals surface area contributed by atoms with Gasteiger partial charge in [-0.05, 0) is 31.1 Å². The average Bonchev–Trinajstić information content (AvgIpc) is 2.47. The van der Waals surface area contributed by atoms with Gasteiger partial charge in [0.15, 0.2) is 0 Å². The van der Waals surface area contributed by atoms with E-state index in [0.717, 1.165) is 38.5 Å². The minimum atomic E-state index is -0.923. The molecule has 0 saturated heterocycles.